The van der Waals surface area contributed by atoms with E-state index >= 15 is 0 Å². The Balaban J connectivity index is 1.74. The predicted octanol–water partition coefficient (Wildman–Crippen LogP) is 5.00. The first-order valence-electron chi connectivity index (χ1n) is 9.69. The maximum absolute atomic E-state index is 12.7. The SMILES string of the molecule is CCSc1ccccc1NC(=O)CN(c1ccc(Oc2ccccc2)cc1)S(C)(=O)=O. The van der Waals surface area contributed by atoms with Crippen molar-refractivity contribution in [3.63, 3.8) is 0 Å². The Bertz CT molecular complexity index is 1120. The van der Waals surface area contributed by atoms with E-state index in [0.29, 0.717) is 22.9 Å². The van der Waals surface area contributed by atoms with Crippen molar-refractivity contribution in [2.24, 2.45) is 0 Å². The summed E-state index contributed by atoms with van der Waals surface area (Å²) in [6.07, 6.45) is 1.08. The average molecular weight is 457 g/mol. The fraction of sp³-hybridized carbons (Fsp3) is 0.174. The van der Waals surface area contributed by atoms with Gasteiger partial charge in [0, 0.05) is 4.90 Å². The van der Waals surface area contributed by atoms with Crippen molar-refractivity contribution in [3.8, 4) is 11.5 Å². The highest BCUT2D eigenvalue weighted by Gasteiger charge is 2.21. The maximum Gasteiger partial charge on any atom is 0.245 e. The lowest BCUT2D eigenvalue weighted by molar-refractivity contribution is -0.114. The lowest BCUT2D eigenvalue weighted by Crippen LogP contribution is -2.37. The minimum atomic E-state index is -3.67. The zero-order valence-corrected chi connectivity index (χ0v) is 18.9. The molecule has 31 heavy (non-hydrogen) atoms. The van der Waals surface area contributed by atoms with Gasteiger partial charge in [-0.1, -0.05) is 37.3 Å². The molecule has 3 aromatic carbocycles. The number of hydrogen-bond acceptors (Lipinski definition) is 5. The highest BCUT2D eigenvalue weighted by Crippen LogP contribution is 2.28. The minimum Gasteiger partial charge on any atom is -0.457 e. The molecule has 1 N–H and O–H groups in total. The second-order valence-corrected chi connectivity index (χ2v) is 9.87. The lowest BCUT2D eigenvalue weighted by Gasteiger charge is -2.22. The Morgan fingerprint density at radius 1 is 0.935 bits per heavy atom. The molecule has 0 unspecified atom stereocenters. The minimum absolute atomic E-state index is 0.331. The molecule has 0 atom stereocenters. The first-order valence-corrected chi connectivity index (χ1v) is 12.5. The Labute approximate surface area is 187 Å². The molecule has 0 radical (unpaired) electrons. The highest BCUT2D eigenvalue weighted by atomic mass is 32.2. The summed E-state index contributed by atoms with van der Waals surface area (Å²) in [7, 11) is -3.67. The van der Waals surface area contributed by atoms with Crippen molar-refractivity contribution in [3.05, 3.63) is 78.9 Å². The van der Waals surface area contributed by atoms with Gasteiger partial charge in [0.25, 0.3) is 0 Å². The molecule has 3 aromatic rings. The molecule has 0 bridgehead atoms. The van der Waals surface area contributed by atoms with Gasteiger partial charge < -0.3 is 10.1 Å². The van der Waals surface area contributed by atoms with E-state index in [2.05, 4.69) is 5.32 Å². The summed E-state index contributed by atoms with van der Waals surface area (Å²) in [6.45, 7) is 1.70. The maximum atomic E-state index is 12.7. The summed E-state index contributed by atoms with van der Waals surface area (Å²) < 4.78 is 31.6. The second-order valence-electron chi connectivity index (χ2n) is 6.66. The fourth-order valence-corrected chi connectivity index (χ4v) is 4.49. The quantitative estimate of drug-likeness (QED) is 0.459. The van der Waals surface area contributed by atoms with Crippen molar-refractivity contribution in [1.29, 1.82) is 0 Å². The molecule has 0 aliphatic carbocycles. The van der Waals surface area contributed by atoms with Crippen LogP contribution in [-0.2, 0) is 14.8 Å². The van der Waals surface area contributed by atoms with Crippen molar-refractivity contribution >= 4 is 39.1 Å². The number of carbonyl (C=O) groups is 1. The predicted molar refractivity (Wildman–Crippen MR) is 127 cm³/mol. The molecule has 1 amide bonds. The van der Waals surface area contributed by atoms with E-state index in [1.54, 1.807) is 42.1 Å². The van der Waals surface area contributed by atoms with Gasteiger partial charge in [0.15, 0.2) is 0 Å². The van der Waals surface area contributed by atoms with Crippen LogP contribution in [0, 0.1) is 0 Å². The smallest absolute Gasteiger partial charge is 0.245 e. The van der Waals surface area contributed by atoms with Crippen LogP contribution in [0.5, 0.6) is 11.5 Å². The molecule has 6 nitrogen and oxygen atoms in total. The van der Waals surface area contributed by atoms with Gasteiger partial charge >= 0.3 is 0 Å². The number of anilines is 2. The number of thioether (sulfide) groups is 1. The van der Waals surface area contributed by atoms with Crippen LogP contribution in [-0.4, -0.2) is 32.9 Å². The molecular formula is C23H24N2O4S2. The number of para-hydroxylation sites is 2. The molecule has 0 heterocycles. The van der Waals surface area contributed by atoms with Crippen molar-refractivity contribution < 1.29 is 17.9 Å². The largest absolute Gasteiger partial charge is 0.457 e. The van der Waals surface area contributed by atoms with E-state index < -0.39 is 15.9 Å². The van der Waals surface area contributed by atoms with E-state index in [4.69, 9.17) is 4.74 Å². The van der Waals surface area contributed by atoms with Crippen molar-refractivity contribution in [2.45, 2.75) is 11.8 Å². The van der Waals surface area contributed by atoms with Crippen LogP contribution in [0.1, 0.15) is 6.92 Å². The number of sulfonamides is 1. The van der Waals surface area contributed by atoms with Gasteiger partial charge in [0.2, 0.25) is 15.9 Å². The monoisotopic (exact) mass is 456 g/mol. The third kappa shape index (κ3) is 6.50. The zero-order chi connectivity index (χ0) is 22.3. The Hall–Kier alpha value is -2.97. The topological polar surface area (TPSA) is 75.7 Å². The van der Waals surface area contributed by atoms with E-state index in [9.17, 15) is 13.2 Å². The van der Waals surface area contributed by atoms with Crippen molar-refractivity contribution in [1.82, 2.24) is 0 Å². The van der Waals surface area contributed by atoms with Crippen LogP contribution in [0.4, 0.5) is 11.4 Å². The summed E-state index contributed by atoms with van der Waals surface area (Å²) in [5.74, 6) is 1.69. The van der Waals surface area contributed by atoms with Gasteiger partial charge in [-0.15, -0.1) is 11.8 Å². The van der Waals surface area contributed by atoms with Gasteiger partial charge in [-0.25, -0.2) is 8.42 Å². The van der Waals surface area contributed by atoms with Crippen LogP contribution >= 0.6 is 11.8 Å². The summed E-state index contributed by atoms with van der Waals surface area (Å²) >= 11 is 1.61. The third-order valence-electron chi connectivity index (χ3n) is 4.25. The number of hydrogen-bond donors (Lipinski definition) is 1. The van der Waals surface area contributed by atoms with Gasteiger partial charge in [0.1, 0.15) is 18.0 Å². The Kier molecular flexibility index (Phi) is 7.59. The molecule has 0 fully saturated rings. The van der Waals surface area contributed by atoms with Crippen LogP contribution in [0.25, 0.3) is 0 Å². The van der Waals surface area contributed by atoms with Gasteiger partial charge in [-0.3, -0.25) is 9.10 Å². The molecular weight excluding hydrogens is 432 g/mol. The van der Waals surface area contributed by atoms with Gasteiger partial charge in [-0.05, 0) is 54.3 Å². The summed E-state index contributed by atoms with van der Waals surface area (Å²) in [5.41, 5.74) is 1.05. The molecule has 0 aromatic heterocycles. The molecule has 162 valence electrons. The van der Waals surface area contributed by atoms with Gasteiger partial charge in [-0.2, -0.15) is 0 Å². The molecule has 8 heteroatoms. The number of nitrogens with one attached hydrogen (secondary N) is 1. The van der Waals surface area contributed by atoms with E-state index in [-0.39, 0.29) is 6.54 Å². The summed E-state index contributed by atoms with van der Waals surface area (Å²) in [6, 6.07) is 23.3. The number of rotatable bonds is 9. The van der Waals surface area contributed by atoms with E-state index in [1.807, 2.05) is 55.5 Å². The van der Waals surface area contributed by atoms with Crippen molar-refractivity contribution in [2.75, 3.05) is 28.2 Å². The first kappa shape index (κ1) is 22.7. The number of benzene rings is 3. The van der Waals surface area contributed by atoms with E-state index in [1.165, 1.54) is 0 Å². The average Bonchev–Trinajstić information content (AvgIpc) is 2.74. The number of amides is 1. The highest BCUT2D eigenvalue weighted by molar-refractivity contribution is 7.99. The Morgan fingerprint density at radius 3 is 2.19 bits per heavy atom. The van der Waals surface area contributed by atoms with Crippen LogP contribution in [0.15, 0.2) is 83.8 Å². The summed E-state index contributed by atoms with van der Waals surface area (Å²) in [5, 5.41) is 2.82. The third-order valence-corrected chi connectivity index (χ3v) is 6.35. The lowest BCUT2D eigenvalue weighted by atomic mass is 10.3. The summed E-state index contributed by atoms with van der Waals surface area (Å²) in [4.78, 5) is 13.6. The van der Waals surface area contributed by atoms with E-state index in [0.717, 1.165) is 21.2 Å². The zero-order valence-electron chi connectivity index (χ0n) is 17.3. The van der Waals surface area contributed by atoms with Crippen LogP contribution < -0.4 is 14.4 Å². The first-order chi connectivity index (χ1) is 14.9. The van der Waals surface area contributed by atoms with Crippen LogP contribution in [0.3, 0.4) is 0 Å². The van der Waals surface area contributed by atoms with Gasteiger partial charge in [0.05, 0.1) is 17.6 Å². The number of ether oxygens (including phenoxy) is 1. The molecule has 3 rings (SSSR count). The number of nitrogens with zero attached hydrogens (tertiary/aromatic N) is 1. The molecule has 0 aliphatic rings. The standard InChI is InChI=1S/C23H24N2O4S2/c1-3-30-22-12-8-7-11-21(22)24-23(26)17-25(31(2,27)28)18-13-15-20(16-14-18)29-19-9-5-4-6-10-19/h4-16H,3,17H2,1-2H3,(H,24,26). The normalized spacial score (nSPS) is 11.0. The fourth-order valence-electron chi connectivity index (χ4n) is 2.88. The Morgan fingerprint density at radius 2 is 1.55 bits per heavy atom. The number of carbonyl (C=O) groups excluding carboxylic acids is 1. The van der Waals surface area contributed by atoms with Crippen LogP contribution in [0.2, 0.25) is 0 Å². The molecule has 0 aliphatic heterocycles. The molecule has 0 saturated carbocycles. The second kappa shape index (κ2) is 10.4. The molecule has 0 saturated heterocycles. The molecule has 0 spiro atoms.